The molecule has 1 aliphatic carbocycles. The predicted octanol–water partition coefficient (Wildman–Crippen LogP) is 4.03. The molecule has 0 saturated carbocycles. The van der Waals surface area contributed by atoms with Gasteiger partial charge in [-0.05, 0) is 51.2 Å². The van der Waals surface area contributed by atoms with E-state index in [1.54, 1.807) is 23.1 Å². The lowest BCUT2D eigenvalue weighted by Crippen LogP contribution is -2.11. The van der Waals surface area contributed by atoms with Gasteiger partial charge < -0.3 is 5.32 Å². The number of thioether (sulfide) groups is 1. The molecule has 2 aromatic heterocycles. The number of aromatic nitrogens is 2. The van der Waals surface area contributed by atoms with Gasteiger partial charge in [-0.25, -0.2) is 9.97 Å². The molecule has 1 N–H and O–H groups in total. The molecule has 0 bridgehead atoms. The number of hydrogen-bond donors (Lipinski definition) is 1. The van der Waals surface area contributed by atoms with E-state index < -0.39 is 0 Å². The molecule has 0 aliphatic heterocycles. The molecule has 0 radical (unpaired) electrons. The Morgan fingerprint density at radius 1 is 1.36 bits per heavy atom. The summed E-state index contributed by atoms with van der Waals surface area (Å²) in [6.45, 7) is 3.91. The van der Waals surface area contributed by atoms with Gasteiger partial charge in [-0.3, -0.25) is 4.79 Å². The second-order valence-corrected chi connectivity index (χ2v) is 8.27. The molecule has 25 heavy (non-hydrogen) atoms. The second kappa shape index (κ2) is 7.98. The number of rotatable bonds is 6. The van der Waals surface area contributed by atoms with Crippen molar-refractivity contribution in [1.29, 1.82) is 5.26 Å². The van der Waals surface area contributed by atoms with Crippen molar-refractivity contribution in [3.8, 4) is 6.07 Å². The van der Waals surface area contributed by atoms with Crippen LogP contribution in [0.15, 0.2) is 11.2 Å². The molecule has 1 amide bonds. The van der Waals surface area contributed by atoms with Crippen LogP contribution in [0, 0.1) is 25.2 Å². The molecule has 0 saturated heterocycles. The summed E-state index contributed by atoms with van der Waals surface area (Å²) in [7, 11) is 0. The van der Waals surface area contributed by atoms with Crippen LogP contribution >= 0.6 is 23.1 Å². The van der Waals surface area contributed by atoms with Crippen LogP contribution in [0.25, 0.3) is 0 Å². The quantitative estimate of drug-likeness (QED) is 0.470. The Balaban J connectivity index is 1.48. The Kier molecular flexibility index (Phi) is 5.71. The van der Waals surface area contributed by atoms with Crippen molar-refractivity contribution in [2.24, 2.45) is 0 Å². The monoisotopic (exact) mass is 372 g/mol. The van der Waals surface area contributed by atoms with Gasteiger partial charge in [0.1, 0.15) is 11.1 Å². The second-order valence-electron chi connectivity index (χ2n) is 6.11. The minimum absolute atomic E-state index is 0.0293. The zero-order valence-electron chi connectivity index (χ0n) is 14.4. The fourth-order valence-electron chi connectivity index (χ4n) is 2.95. The standard InChI is InChI=1S/C18H20N4OS2/c1-11-9-12(2)21-18(20-11)24-8-4-7-16(23)22-17-14(10-19)13-5-3-6-15(13)25-17/h9H,3-8H2,1-2H3,(H,22,23). The van der Waals surface area contributed by atoms with Crippen LogP contribution in [0.2, 0.25) is 0 Å². The molecule has 3 rings (SSSR count). The Bertz CT molecular complexity index is 818. The molecule has 7 heteroatoms. The number of nitriles is 1. The maximum absolute atomic E-state index is 12.2. The Morgan fingerprint density at radius 3 is 2.84 bits per heavy atom. The molecule has 130 valence electrons. The summed E-state index contributed by atoms with van der Waals surface area (Å²) in [5, 5.41) is 13.8. The van der Waals surface area contributed by atoms with Crippen LogP contribution in [0.5, 0.6) is 0 Å². The number of hydrogen-bond acceptors (Lipinski definition) is 6. The third-order valence-corrected chi connectivity index (χ3v) is 6.17. The molecular formula is C18H20N4OS2. The smallest absolute Gasteiger partial charge is 0.225 e. The van der Waals surface area contributed by atoms with Crippen LogP contribution in [0.3, 0.4) is 0 Å². The highest BCUT2D eigenvalue weighted by molar-refractivity contribution is 7.99. The van der Waals surface area contributed by atoms with Gasteiger partial charge in [0.05, 0.1) is 5.56 Å². The van der Waals surface area contributed by atoms with Gasteiger partial charge in [-0.15, -0.1) is 11.3 Å². The minimum Gasteiger partial charge on any atom is -0.317 e. The van der Waals surface area contributed by atoms with Gasteiger partial charge in [0.15, 0.2) is 5.16 Å². The summed E-state index contributed by atoms with van der Waals surface area (Å²) in [5.74, 6) is 0.765. The topological polar surface area (TPSA) is 78.7 Å². The van der Waals surface area contributed by atoms with Gasteiger partial charge in [0, 0.05) is 28.4 Å². The number of anilines is 1. The number of amides is 1. The lowest BCUT2D eigenvalue weighted by molar-refractivity contribution is -0.116. The van der Waals surface area contributed by atoms with E-state index >= 15 is 0 Å². The predicted molar refractivity (Wildman–Crippen MR) is 101 cm³/mol. The number of nitrogens with one attached hydrogen (secondary N) is 1. The number of nitrogens with zero attached hydrogens (tertiary/aromatic N) is 3. The molecule has 1 aliphatic rings. The average Bonchev–Trinajstić information content (AvgIpc) is 3.11. The van der Waals surface area contributed by atoms with Crippen LogP contribution in [-0.4, -0.2) is 21.6 Å². The van der Waals surface area contributed by atoms with Gasteiger partial charge >= 0.3 is 0 Å². The lowest BCUT2D eigenvalue weighted by Gasteiger charge is -2.05. The van der Waals surface area contributed by atoms with Crippen molar-refractivity contribution in [1.82, 2.24) is 9.97 Å². The van der Waals surface area contributed by atoms with Gasteiger partial charge in [0.2, 0.25) is 5.91 Å². The zero-order valence-corrected chi connectivity index (χ0v) is 16.0. The van der Waals surface area contributed by atoms with Crippen LogP contribution in [0.4, 0.5) is 5.00 Å². The zero-order chi connectivity index (χ0) is 17.8. The Morgan fingerprint density at radius 2 is 2.12 bits per heavy atom. The largest absolute Gasteiger partial charge is 0.317 e. The van der Waals surface area contributed by atoms with E-state index in [9.17, 15) is 10.1 Å². The number of carbonyl (C=O) groups excluding carboxylic acids is 1. The maximum atomic E-state index is 12.2. The first-order chi connectivity index (χ1) is 12.1. The van der Waals surface area contributed by atoms with E-state index in [4.69, 9.17) is 0 Å². The van der Waals surface area contributed by atoms with E-state index in [1.807, 2.05) is 19.9 Å². The van der Waals surface area contributed by atoms with E-state index in [2.05, 4.69) is 21.4 Å². The summed E-state index contributed by atoms with van der Waals surface area (Å²) >= 11 is 3.13. The summed E-state index contributed by atoms with van der Waals surface area (Å²) in [4.78, 5) is 22.2. The van der Waals surface area contributed by atoms with Gasteiger partial charge in [0.25, 0.3) is 0 Å². The number of carbonyl (C=O) groups is 1. The first kappa shape index (κ1) is 17.9. The van der Waals surface area contributed by atoms with Crippen molar-refractivity contribution in [3.63, 3.8) is 0 Å². The minimum atomic E-state index is -0.0293. The highest BCUT2D eigenvalue weighted by Gasteiger charge is 2.22. The molecular weight excluding hydrogens is 352 g/mol. The average molecular weight is 373 g/mol. The Hall–Kier alpha value is -1.91. The molecule has 5 nitrogen and oxygen atoms in total. The highest BCUT2D eigenvalue weighted by Crippen LogP contribution is 2.38. The van der Waals surface area contributed by atoms with Gasteiger partial charge in [-0.2, -0.15) is 5.26 Å². The third kappa shape index (κ3) is 4.39. The van der Waals surface area contributed by atoms with E-state index in [-0.39, 0.29) is 5.91 Å². The first-order valence-corrected chi connectivity index (χ1v) is 10.2. The molecule has 2 aromatic rings. The van der Waals surface area contributed by atoms with E-state index in [1.165, 1.54) is 4.88 Å². The van der Waals surface area contributed by atoms with Gasteiger partial charge in [-0.1, -0.05) is 11.8 Å². The van der Waals surface area contributed by atoms with Crippen LogP contribution in [-0.2, 0) is 17.6 Å². The summed E-state index contributed by atoms with van der Waals surface area (Å²) in [6, 6.07) is 4.20. The molecule has 2 heterocycles. The fraction of sp³-hybridized carbons (Fsp3) is 0.444. The summed E-state index contributed by atoms with van der Waals surface area (Å²) in [6.07, 6.45) is 4.28. The van der Waals surface area contributed by atoms with E-state index in [0.29, 0.717) is 12.0 Å². The summed E-state index contributed by atoms with van der Waals surface area (Å²) < 4.78 is 0. The fourth-order valence-corrected chi connectivity index (χ4v) is 5.10. The van der Waals surface area contributed by atoms with Crippen molar-refractivity contribution in [3.05, 3.63) is 33.5 Å². The number of fused-ring (bicyclic) bond motifs is 1. The molecule has 0 spiro atoms. The van der Waals surface area contributed by atoms with Crippen molar-refractivity contribution in [2.45, 2.75) is 51.1 Å². The molecule has 0 fully saturated rings. The normalized spacial score (nSPS) is 12.7. The third-order valence-electron chi connectivity index (χ3n) is 4.03. The number of thiophene rings is 1. The summed E-state index contributed by atoms with van der Waals surface area (Å²) in [5.41, 5.74) is 3.74. The van der Waals surface area contributed by atoms with Crippen LogP contribution in [0.1, 0.15) is 46.7 Å². The molecule has 0 aromatic carbocycles. The Labute approximate surface area is 155 Å². The maximum Gasteiger partial charge on any atom is 0.225 e. The van der Waals surface area contributed by atoms with E-state index in [0.717, 1.165) is 58.5 Å². The SMILES string of the molecule is Cc1cc(C)nc(SCCCC(=O)Nc2sc3c(c2C#N)CCC3)n1. The van der Waals surface area contributed by atoms with Crippen LogP contribution < -0.4 is 5.32 Å². The first-order valence-electron chi connectivity index (χ1n) is 8.36. The molecule has 0 atom stereocenters. The number of aryl methyl sites for hydroxylation is 3. The van der Waals surface area contributed by atoms with Crippen molar-refractivity contribution in [2.75, 3.05) is 11.1 Å². The van der Waals surface area contributed by atoms with Crippen molar-refractivity contribution >= 4 is 34.0 Å². The van der Waals surface area contributed by atoms with Crippen molar-refractivity contribution < 1.29 is 4.79 Å². The molecule has 0 unspecified atom stereocenters. The lowest BCUT2D eigenvalue weighted by atomic mass is 10.1. The highest BCUT2D eigenvalue weighted by atomic mass is 32.2.